The van der Waals surface area contributed by atoms with E-state index in [1.807, 2.05) is 23.0 Å². The van der Waals surface area contributed by atoms with Crippen LogP contribution in [0.5, 0.6) is 5.75 Å². The summed E-state index contributed by atoms with van der Waals surface area (Å²) in [6.45, 7) is 5.84. The molecule has 0 bridgehead atoms. The van der Waals surface area contributed by atoms with E-state index in [2.05, 4.69) is 41.6 Å². The summed E-state index contributed by atoms with van der Waals surface area (Å²) < 4.78 is 7.04. The number of nitrogens with one attached hydrogen (secondary N) is 1. The Labute approximate surface area is 120 Å². The molecule has 0 saturated heterocycles. The van der Waals surface area contributed by atoms with E-state index in [9.17, 15) is 0 Å². The Morgan fingerprint density at radius 3 is 2.65 bits per heavy atom. The van der Waals surface area contributed by atoms with Crippen molar-refractivity contribution in [2.45, 2.75) is 39.4 Å². The van der Waals surface area contributed by atoms with Crippen LogP contribution < -0.4 is 10.1 Å². The minimum atomic E-state index is 0.458. The van der Waals surface area contributed by atoms with Crippen molar-refractivity contribution in [3.8, 4) is 5.75 Å². The van der Waals surface area contributed by atoms with E-state index in [1.165, 1.54) is 5.56 Å². The number of nitrogens with zero attached hydrogens (tertiary/aromatic N) is 3. The van der Waals surface area contributed by atoms with Gasteiger partial charge in [-0.3, -0.25) is 4.68 Å². The average Bonchev–Trinajstić information content (AvgIpc) is 2.91. The van der Waals surface area contributed by atoms with Gasteiger partial charge < -0.3 is 10.1 Å². The number of hydrogen-bond donors (Lipinski definition) is 1. The average molecular weight is 274 g/mol. The van der Waals surface area contributed by atoms with Gasteiger partial charge >= 0.3 is 0 Å². The molecule has 1 N–H and O–H groups in total. The molecule has 5 heteroatoms. The fraction of sp³-hybridized carbons (Fsp3) is 0.467. The van der Waals surface area contributed by atoms with Crippen LogP contribution in [-0.4, -0.2) is 28.1 Å². The van der Waals surface area contributed by atoms with Gasteiger partial charge in [0.2, 0.25) is 0 Å². The van der Waals surface area contributed by atoms with Crippen LogP contribution in [0.25, 0.3) is 0 Å². The third-order valence-corrected chi connectivity index (χ3v) is 3.07. The molecule has 0 aliphatic heterocycles. The first kappa shape index (κ1) is 14.5. The van der Waals surface area contributed by atoms with E-state index in [4.69, 9.17) is 4.74 Å². The van der Waals surface area contributed by atoms with Crippen molar-refractivity contribution >= 4 is 0 Å². The quantitative estimate of drug-likeness (QED) is 0.839. The Morgan fingerprint density at radius 1 is 1.25 bits per heavy atom. The minimum Gasteiger partial charge on any atom is -0.497 e. The Bertz CT molecular complexity index is 519. The van der Waals surface area contributed by atoms with E-state index in [0.717, 1.165) is 31.0 Å². The summed E-state index contributed by atoms with van der Waals surface area (Å²) in [5.74, 6) is 0.886. The summed E-state index contributed by atoms with van der Waals surface area (Å²) in [5.41, 5.74) is 2.25. The second-order valence-corrected chi connectivity index (χ2v) is 5.11. The molecule has 1 heterocycles. The lowest BCUT2D eigenvalue weighted by Crippen LogP contribution is -2.21. The van der Waals surface area contributed by atoms with Gasteiger partial charge in [-0.15, -0.1) is 5.10 Å². The minimum absolute atomic E-state index is 0.458. The molecule has 1 aromatic carbocycles. The normalized spacial score (nSPS) is 11.0. The first-order chi connectivity index (χ1) is 9.67. The van der Waals surface area contributed by atoms with Crippen LogP contribution in [0.15, 0.2) is 30.5 Å². The first-order valence-corrected chi connectivity index (χ1v) is 6.92. The highest BCUT2D eigenvalue weighted by Gasteiger charge is 2.02. The zero-order valence-corrected chi connectivity index (χ0v) is 12.3. The molecule has 2 rings (SSSR count). The van der Waals surface area contributed by atoms with Crippen molar-refractivity contribution < 1.29 is 4.74 Å². The smallest absolute Gasteiger partial charge is 0.118 e. The maximum absolute atomic E-state index is 5.15. The summed E-state index contributed by atoms with van der Waals surface area (Å²) >= 11 is 0. The molecule has 0 amide bonds. The number of benzene rings is 1. The molecule has 0 spiro atoms. The van der Waals surface area contributed by atoms with E-state index in [0.29, 0.717) is 6.04 Å². The second kappa shape index (κ2) is 7.05. The molecule has 1 aromatic heterocycles. The van der Waals surface area contributed by atoms with Crippen LogP contribution in [-0.2, 0) is 19.5 Å². The third kappa shape index (κ3) is 4.35. The number of aryl methyl sites for hydroxylation is 2. The summed E-state index contributed by atoms with van der Waals surface area (Å²) in [6.07, 6.45) is 2.93. The van der Waals surface area contributed by atoms with Crippen molar-refractivity contribution in [3.63, 3.8) is 0 Å². The topological polar surface area (TPSA) is 52.0 Å². The molecule has 108 valence electrons. The fourth-order valence-electron chi connectivity index (χ4n) is 1.87. The van der Waals surface area contributed by atoms with Crippen molar-refractivity contribution in [1.29, 1.82) is 0 Å². The molecule has 0 aliphatic rings. The SMILES string of the molecule is COc1ccc(CCn2cc(CNC(C)C)nn2)cc1. The molecular formula is C15H22N4O. The Kier molecular flexibility index (Phi) is 5.12. The van der Waals surface area contributed by atoms with E-state index in [1.54, 1.807) is 7.11 Å². The summed E-state index contributed by atoms with van der Waals surface area (Å²) in [4.78, 5) is 0. The van der Waals surface area contributed by atoms with Crippen molar-refractivity contribution in [1.82, 2.24) is 20.3 Å². The Balaban J connectivity index is 1.84. The highest BCUT2D eigenvalue weighted by Crippen LogP contribution is 2.12. The van der Waals surface area contributed by atoms with Gasteiger partial charge in [0.1, 0.15) is 5.75 Å². The van der Waals surface area contributed by atoms with Gasteiger partial charge in [-0.05, 0) is 24.1 Å². The standard InChI is InChI=1S/C15H22N4O/c1-12(2)16-10-14-11-19(18-17-14)9-8-13-4-6-15(20-3)7-5-13/h4-7,11-12,16H,8-10H2,1-3H3. The number of rotatable bonds is 7. The second-order valence-electron chi connectivity index (χ2n) is 5.11. The van der Waals surface area contributed by atoms with Gasteiger partial charge in [0.25, 0.3) is 0 Å². The number of ether oxygens (including phenoxy) is 1. The number of aromatic nitrogens is 3. The molecule has 0 fully saturated rings. The predicted octanol–water partition coefficient (Wildman–Crippen LogP) is 2.03. The molecule has 20 heavy (non-hydrogen) atoms. The largest absolute Gasteiger partial charge is 0.497 e. The summed E-state index contributed by atoms with van der Waals surface area (Å²) in [7, 11) is 1.68. The van der Waals surface area contributed by atoms with Crippen LogP contribution >= 0.6 is 0 Å². The maximum atomic E-state index is 5.15. The number of methoxy groups -OCH3 is 1. The van der Waals surface area contributed by atoms with Crippen LogP contribution in [0.1, 0.15) is 25.1 Å². The van der Waals surface area contributed by atoms with Crippen molar-refractivity contribution in [2.24, 2.45) is 0 Å². The van der Waals surface area contributed by atoms with Crippen molar-refractivity contribution in [3.05, 3.63) is 41.7 Å². The molecule has 0 unspecified atom stereocenters. The van der Waals surface area contributed by atoms with Gasteiger partial charge in [0.05, 0.1) is 12.8 Å². The Hall–Kier alpha value is -1.88. The maximum Gasteiger partial charge on any atom is 0.118 e. The highest BCUT2D eigenvalue weighted by atomic mass is 16.5. The Morgan fingerprint density at radius 2 is 2.00 bits per heavy atom. The van der Waals surface area contributed by atoms with Gasteiger partial charge in [0.15, 0.2) is 0 Å². The van der Waals surface area contributed by atoms with Gasteiger partial charge in [-0.2, -0.15) is 0 Å². The molecule has 5 nitrogen and oxygen atoms in total. The molecule has 0 atom stereocenters. The predicted molar refractivity (Wildman–Crippen MR) is 78.7 cm³/mol. The lowest BCUT2D eigenvalue weighted by molar-refractivity contribution is 0.414. The lowest BCUT2D eigenvalue weighted by atomic mass is 10.1. The van der Waals surface area contributed by atoms with Crippen LogP contribution in [0.2, 0.25) is 0 Å². The molecule has 0 saturated carbocycles. The lowest BCUT2D eigenvalue weighted by Gasteiger charge is -2.04. The van der Waals surface area contributed by atoms with Gasteiger partial charge in [-0.1, -0.05) is 31.2 Å². The summed E-state index contributed by atoms with van der Waals surface area (Å²) in [6, 6.07) is 8.58. The van der Waals surface area contributed by atoms with Gasteiger partial charge in [0, 0.05) is 25.3 Å². The molecule has 0 radical (unpaired) electrons. The zero-order chi connectivity index (χ0) is 14.4. The van der Waals surface area contributed by atoms with Crippen molar-refractivity contribution in [2.75, 3.05) is 7.11 Å². The third-order valence-electron chi connectivity index (χ3n) is 3.07. The van der Waals surface area contributed by atoms with E-state index in [-0.39, 0.29) is 0 Å². The van der Waals surface area contributed by atoms with E-state index < -0.39 is 0 Å². The van der Waals surface area contributed by atoms with E-state index >= 15 is 0 Å². The number of hydrogen-bond acceptors (Lipinski definition) is 4. The first-order valence-electron chi connectivity index (χ1n) is 6.92. The van der Waals surface area contributed by atoms with Crippen LogP contribution in [0, 0.1) is 0 Å². The molecular weight excluding hydrogens is 252 g/mol. The van der Waals surface area contributed by atoms with Crippen LogP contribution in [0.3, 0.4) is 0 Å². The fourth-order valence-corrected chi connectivity index (χ4v) is 1.87. The molecule has 0 aliphatic carbocycles. The summed E-state index contributed by atoms with van der Waals surface area (Å²) in [5, 5.41) is 11.6. The monoisotopic (exact) mass is 274 g/mol. The molecule has 2 aromatic rings. The highest BCUT2D eigenvalue weighted by molar-refractivity contribution is 5.27. The van der Waals surface area contributed by atoms with Gasteiger partial charge in [-0.25, -0.2) is 0 Å². The van der Waals surface area contributed by atoms with Crippen LogP contribution in [0.4, 0.5) is 0 Å². The zero-order valence-electron chi connectivity index (χ0n) is 12.3.